The molecule has 0 aromatic carbocycles. The third-order valence-electron chi connectivity index (χ3n) is 4.94. The van der Waals surface area contributed by atoms with E-state index in [-0.39, 0.29) is 0 Å². The van der Waals surface area contributed by atoms with Crippen molar-refractivity contribution in [2.45, 2.75) is 55.4 Å². The zero-order valence-corrected chi connectivity index (χ0v) is 10.3. The van der Waals surface area contributed by atoms with Crippen molar-refractivity contribution in [2.24, 2.45) is 23.5 Å². The van der Waals surface area contributed by atoms with Crippen LogP contribution in [0.4, 0.5) is 0 Å². The molecular formula is C13H23NS. The third kappa shape index (κ3) is 1.74. The summed E-state index contributed by atoms with van der Waals surface area (Å²) in [5.41, 5.74) is 5.94. The molecule has 5 atom stereocenters. The van der Waals surface area contributed by atoms with Crippen LogP contribution >= 0.6 is 11.8 Å². The average Bonchev–Trinajstić information content (AvgIpc) is 2.67. The van der Waals surface area contributed by atoms with E-state index in [9.17, 15) is 0 Å². The van der Waals surface area contributed by atoms with E-state index in [1.54, 1.807) is 0 Å². The molecule has 1 aliphatic heterocycles. The van der Waals surface area contributed by atoms with E-state index in [1.165, 1.54) is 44.9 Å². The molecule has 3 fully saturated rings. The number of fused-ring (bicyclic) bond motifs is 3. The minimum absolute atomic E-state index is 0.847. The summed E-state index contributed by atoms with van der Waals surface area (Å²) in [6, 6.07) is 0. The summed E-state index contributed by atoms with van der Waals surface area (Å²) in [5.74, 6) is 2.96. The topological polar surface area (TPSA) is 26.0 Å². The summed E-state index contributed by atoms with van der Waals surface area (Å²) in [7, 11) is 0. The van der Waals surface area contributed by atoms with E-state index in [0.29, 0.717) is 0 Å². The molecule has 3 aliphatic rings. The SMILES string of the molecule is NC[C@@H]1CCCC2C3CCCCC3SC21. The summed E-state index contributed by atoms with van der Waals surface area (Å²) >= 11 is 2.33. The van der Waals surface area contributed by atoms with Crippen molar-refractivity contribution in [1.82, 2.24) is 0 Å². The van der Waals surface area contributed by atoms with E-state index in [1.807, 2.05) is 0 Å². The maximum absolute atomic E-state index is 5.94. The van der Waals surface area contributed by atoms with Gasteiger partial charge in [-0.05, 0) is 50.0 Å². The molecule has 0 aromatic rings. The normalized spacial score (nSPS) is 49.8. The highest BCUT2D eigenvalue weighted by atomic mass is 32.2. The third-order valence-corrected chi connectivity index (χ3v) is 6.92. The Morgan fingerprint density at radius 1 is 0.933 bits per heavy atom. The van der Waals surface area contributed by atoms with Crippen molar-refractivity contribution in [2.75, 3.05) is 6.54 Å². The van der Waals surface area contributed by atoms with Gasteiger partial charge in [0.2, 0.25) is 0 Å². The van der Waals surface area contributed by atoms with Gasteiger partial charge in [0.05, 0.1) is 0 Å². The molecule has 0 radical (unpaired) electrons. The lowest BCUT2D eigenvalue weighted by Gasteiger charge is -2.35. The van der Waals surface area contributed by atoms with Gasteiger partial charge in [0.15, 0.2) is 0 Å². The second-order valence-electron chi connectivity index (χ2n) is 5.68. The van der Waals surface area contributed by atoms with Crippen LogP contribution in [-0.2, 0) is 0 Å². The zero-order valence-electron chi connectivity index (χ0n) is 9.53. The number of hydrogen-bond donors (Lipinski definition) is 1. The van der Waals surface area contributed by atoms with Crippen molar-refractivity contribution in [1.29, 1.82) is 0 Å². The molecule has 15 heavy (non-hydrogen) atoms. The Morgan fingerprint density at radius 2 is 1.73 bits per heavy atom. The van der Waals surface area contributed by atoms with Gasteiger partial charge in [0.25, 0.3) is 0 Å². The van der Waals surface area contributed by atoms with Gasteiger partial charge < -0.3 is 5.73 Å². The second kappa shape index (κ2) is 4.29. The first-order valence-corrected chi connectivity index (χ1v) is 7.70. The minimum Gasteiger partial charge on any atom is -0.330 e. The molecule has 2 N–H and O–H groups in total. The predicted octanol–water partition coefficient (Wildman–Crippen LogP) is 3.04. The van der Waals surface area contributed by atoms with E-state index in [4.69, 9.17) is 5.73 Å². The second-order valence-corrected chi connectivity index (χ2v) is 7.10. The van der Waals surface area contributed by atoms with E-state index in [0.717, 1.165) is 34.8 Å². The highest BCUT2D eigenvalue weighted by Crippen LogP contribution is 2.55. The Hall–Kier alpha value is 0.310. The standard InChI is InChI=1S/C13H23NS/c14-8-9-4-3-6-11-10-5-1-2-7-12(10)15-13(9)11/h9-13H,1-8,14H2/t9-,10?,11?,12?,13?/m0/s1. The van der Waals surface area contributed by atoms with Crippen LogP contribution in [0.25, 0.3) is 0 Å². The molecule has 1 nitrogen and oxygen atoms in total. The Morgan fingerprint density at radius 3 is 2.60 bits per heavy atom. The van der Waals surface area contributed by atoms with Gasteiger partial charge in [-0.1, -0.05) is 19.3 Å². The molecule has 1 saturated heterocycles. The Balaban J connectivity index is 1.77. The Labute approximate surface area is 97.6 Å². The van der Waals surface area contributed by atoms with Crippen molar-refractivity contribution in [3.05, 3.63) is 0 Å². The molecule has 0 amide bonds. The summed E-state index contributed by atoms with van der Waals surface area (Å²) < 4.78 is 0. The fourth-order valence-electron chi connectivity index (χ4n) is 4.20. The van der Waals surface area contributed by atoms with Crippen molar-refractivity contribution in [3.8, 4) is 0 Å². The van der Waals surface area contributed by atoms with Crippen LogP contribution < -0.4 is 5.73 Å². The highest BCUT2D eigenvalue weighted by Gasteiger charge is 2.48. The number of rotatable bonds is 1. The summed E-state index contributed by atoms with van der Waals surface area (Å²) in [5, 5.41) is 1.96. The van der Waals surface area contributed by atoms with Gasteiger partial charge in [-0.3, -0.25) is 0 Å². The molecule has 1 heterocycles. The van der Waals surface area contributed by atoms with Gasteiger partial charge >= 0.3 is 0 Å². The smallest absolute Gasteiger partial charge is 0.0121 e. The molecule has 3 rings (SSSR count). The molecule has 86 valence electrons. The molecule has 2 aliphatic carbocycles. The monoisotopic (exact) mass is 225 g/mol. The number of hydrogen-bond acceptors (Lipinski definition) is 2. The highest BCUT2D eigenvalue weighted by molar-refractivity contribution is 8.00. The fraction of sp³-hybridized carbons (Fsp3) is 1.00. The van der Waals surface area contributed by atoms with Crippen LogP contribution in [0.2, 0.25) is 0 Å². The molecule has 2 saturated carbocycles. The number of thioether (sulfide) groups is 1. The summed E-state index contributed by atoms with van der Waals surface area (Å²) in [4.78, 5) is 0. The first-order valence-electron chi connectivity index (χ1n) is 6.75. The minimum atomic E-state index is 0.847. The number of nitrogens with two attached hydrogens (primary N) is 1. The summed E-state index contributed by atoms with van der Waals surface area (Å²) in [6.45, 7) is 0.938. The van der Waals surface area contributed by atoms with E-state index >= 15 is 0 Å². The molecule has 0 aromatic heterocycles. The lowest BCUT2D eigenvalue weighted by Crippen LogP contribution is -2.35. The van der Waals surface area contributed by atoms with Crippen LogP contribution in [-0.4, -0.2) is 17.0 Å². The predicted molar refractivity (Wildman–Crippen MR) is 67.0 cm³/mol. The van der Waals surface area contributed by atoms with E-state index in [2.05, 4.69) is 11.8 Å². The van der Waals surface area contributed by atoms with Crippen molar-refractivity contribution < 1.29 is 0 Å². The van der Waals surface area contributed by atoms with Gasteiger partial charge in [0.1, 0.15) is 0 Å². The Kier molecular flexibility index (Phi) is 2.99. The largest absolute Gasteiger partial charge is 0.330 e. The first kappa shape index (κ1) is 10.5. The van der Waals surface area contributed by atoms with Crippen LogP contribution in [0.3, 0.4) is 0 Å². The van der Waals surface area contributed by atoms with Crippen LogP contribution in [0.15, 0.2) is 0 Å². The lowest BCUT2D eigenvalue weighted by atomic mass is 9.70. The van der Waals surface area contributed by atoms with Crippen molar-refractivity contribution in [3.63, 3.8) is 0 Å². The molecule has 0 bridgehead atoms. The van der Waals surface area contributed by atoms with Gasteiger partial charge in [-0.15, -0.1) is 0 Å². The van der Waals surface area contributed by atoms with Crippen LogP contribution in [0, 0.1) is 17.8 Å². The summed E-state index contributed by atoms with van der Waals surface area (Å²) in [6.07, 6.45) is 10.4. The Bertz CT molecular complexity index is 231. The maximum Gasteiger partial charge on any atom is 0.0121 e. The van der Waals surface area contributed by atoms with Gasteiger partial charge in [-0.2, -0.15) is 11.8 Å². The quantitative estimate of drug-likeness (QED) is 0.742. The van der Waals surface area contributed by atoms with Crippen LogP contribution in [0.1, 0.15) is 44.9 Å². The van der Waals surface area contributed by atoms with Crippen LogP contribution in [0.5, 0.6) is 0 Å². The first-order chi connectivity index (χ1) is 7.40. The molecular weight excluding hydrogens is 202 g/mol. The van der Waals surface area contributed by atoms with Gasteiger partial charge in [0, 0.05) is 10.5 Å². The lowest BCUT2D eigenvalue weighted by molar-refractivity contribution is 0.197. The molecule has 2 heteroatoms. The maximum atomic E-state index is 5.94. The van der Waals surface area contributed by atoms with Crippen molar-refractivity contribution >= 4 is 11.8 Å². The molecule has 4 unspecified atom stereocenters. The van der Waals surface area contributed by atoms with Gasteiger partial charge in [-0.25, -0.2) is 0 Å². The fourth-order valence-corrected chi connectivity index (χ4v) is 6.46. The van der Waals surface area contributed by atoms with E-state index < -0.39 is 0 Å². The molecule has 0 spiro atoms. The average molecular weight is 225 g/mol. The zero-order chi connectivity index (χ0) is 10.3.